The molecular weight excluding hydrogens is 258 g/mol. The molecule has 0 fully saturated rings. The zero-order chi connectivity index (χ0) is 10.8. The lowest BCUT2D eigenvalue weighted by atomic mass is 10.1. The number of hydrogen-bond acceptors (Lipinski definition) is 3. The number of aromatic nitrogens is 1. The van der Waals surface area contributed by atoms with Crippen molar-refractivity contribution < 1.29 is 9.15 Å². The number of aryl methyl sites for hydroxylation is 1. The summed E-state index contributed by atoms with van der Waals surface area (Å²) in [6.07, 6.45) is 0. The Balaban J connectivity index is 2.58. The molecule has 0 bridgehead atoms. The van der Waals surface area contributed by atoms with E-state index in [9.17, 15) is 0 Å². The first kappa shape index (κ1) is 10.2. The van der Waals surface area contributed by atoms with Crippen LogP contribution in [0.5, 0.6) is 5.75 Å². The molecule has 0 aliphatic rings. The van der Waals surface area contributed by atoms with Crippen molar-refractivity contribution in [3.8, 4) is 17.1 Å². The number of halogens is 1. The van der Waals surface area contributed by atoms with Gasteiger partial charge in [0.1, 0.15) is 5.75 Å². The van der Waals surface area contributed by atoms with Gasteiger partial charge in [0, 0.05) is 15.9 Å². The number of nitrogens with zero attached hydrogens (tertiary/aromatic N) is 1. The number of rotatable bonds is 2. The van der Waals surface area contributed by atoms with E-state index in [1.165, 1.54) is 0 Å². The highest BCUT2D eigenvalue weighted by atomic mass is 79.9. The van der Waals surface area contributed by atoms with Crippen molar-refractivity contribution in [2.75, 3.05) is 7.11 Å². The number of oxazole rings is 1. The van der Waals surface area contributed by atoms with Crippen LogP contribution in [0, 0.1) is 6.92 Å². The minimum Gasteiger partial charge on any atom is -0.496 e. The fraction of sp³-hybridized carbons (Fsp3) is 0.182. The third-order valence-electron chi connectivity index (χ3n) is 2.12. The van der Waals surface area contributed by atoms with Crippen LogP contribution in [-0.4, -0.2) is 12.1 Å². The summed E-state index contributed by atoms with van der Waals surface area (Å²) in [4.78, 5) is 4.64. The van der Waals surface area contributed by atoms with Gasteiger partial charge >= 0.3 is 0 Å². The van der Waals surface area contributed by atoms with Gasteiger partial charge in [-0.2, -0.15) is 0 Å². The Morgan fingerprint density at radius 1 is 1.33 bits per heavy atom. The zero-order valence-corrected chi connectivity index (χ0v) is 10.0. The monoisotopic (exact) mass is 267 g/mol. The average Bonchev–Trinajstić information content (AvgIpc) is 2.57. The molecule has 78 valence electrons. The van der Waals surface area contributed by atoms with Gasteiger partial charge < -0.3 is 9.15 Å². The Morgan fingerprint density at radius 3 is 2.67 bits per heavy atom. The molecule has 0 amide bonds. The third-order valence-corrected chi connectivity index (χ3v) is 2.46. The standard InChI is InChI=1S/C11H10BrNO2/c1-7-10(15-11(12)13-7)8-5-3-4-6-9(8)14-2/h3-6H,1-2H3. The highest BCUT2D eigenvalue weighted by Crippen LogP contribution is 2.33. The Morgan fingerprint density at radius 2 is 2.07 bits per heavy atom. The first-order valence-electron chi connectivity index (χ1n) is 4.48. The second kappa shape index (κ2) is 4.06. The molecule has 2 rings (SSSR count). The van der Waals surface area contributed by atoms with Crippen LogP contribution < -0.4 is 4.74 Å². The van der Waals surface area contributed by atoms with E-state index in [0.717, 1.165) is 22.8 Å². The third kappa shape index (κ3) is 1.90. The van der Waals surface area contributed by atoms with Crippen LogP contribution in [0.25, 0.3) is 11.3 Å². The summed E-state index contributed by atoms with van der Waals surface area (Å²) in [5.41, 5.74) is 1.75. The number of benzene rings is 1. The zero-order valence-electron chi connectivity index (χ0n) is 8.45. The van der Waals surface area contributed by atoms with Crippen LogP contribution in [0.15, 0.2) is 33.5 Å². The molecule has 2 aromatic rings. The summed E-state index contributed by atoms with van der Waals surface area (Å²) in [5, 5.41) is 0. The normalized spacial score (nSPS) is 10.3. The van der Waals surface area contributed by atoms with Crippen LogP contribution >= 0.6 is 15.9 Å². The van der Waals surface area contributed by atoms with Crippen molar-refractivity contribution in [3.05, 3.63) is 34.8 Å². The summed E-state index contributed by atoms with van der Waals surface area (Å²) >= 11 is 3.21. The van der Waals surface area contributed by atoms with E-state index < -0.39 is 0 Å². The van der Waals surface area contributed by atoms with Gasteiger partial charge in [-0.3, -0.25) is 0 Å². The van der Waals surface area contributed by atoms with Crippen LogP contribution in [-0.2, 0) is 0 Å². The molecule has 1 aromatic carbocycles. The number of para-hydroxylation sites is 1. The van der Waals surface area contributed by atoms with E-state index in [-0.39, 0.29) is 0 Å². The van der Waals surface area contributed by atoms with Crippen molar-refractivity contribution >= 4 is 15.9 Å². The van der Waals surface area contributed by atoms with Crippen molar-refractivity contribution in [1.82, 2.24) is 4.98 Å². The minimum atomic E-state index is 0.487. The predicted molar refractivity (Wildman–Crippen MR) is 60.9 cm³/mol. The van der Waals surface area contributed by atoms with Gasteiger partial charge in [-0.15, -0.1) is 0 Å². The van der Waals surface area contributed by atoms with Crippen molar-refractivity contribution in [1.29, 1.82) is 0 Å². The molecule has 4 heteroatoms. The van der Waals surface area contributed by atoms with E-state index in [4.69, 9.17) is 9.15 Å². The molecule has 0 saturated heterocycles. The molecule has 0 aliphatic heterocycles. The first-order valence-corrected chi connectivity index (χ1v) is 5.28. The maximum Gasteiger partial charge on any atom is 0.264 e. The molecule has 15 heavy (non-hydrogen) atoms. The summed E-state index contributed by atoms with van der Waals surface area (Å²) in [6.45, 7) is 1.90. The van der Waals surface area contributed by atoms with E-state index >= 15 is 0 Å². The maximum atomic E-state index is 5.47. The summed E-state index contributed by atoms with van der Waals surface area (Å²) in [6, 6.07) is 7.70. The molecule has 3 nitrogen and oxygen atoms in total. The molecule has 0 unspecified atom stereocenters. The second-order valence-electron chi connectivity index (χ2n) is 3.08. The Bertz CT molecular complexity index is 479. The van der Waals surface area contributed by atoms with Gasteiger partial charge in [0.2, 0.25) is 0 Å². The quantitative estimate of drug-likeness (QED) is 0.837. The Kier molecular flexibility index (Phi) is 2.77. The SMILES string of the molecule is COc1ccccc1-c1oc(Br)nc1C. The lowest BCUT2D eigenvalue weighted by molar-refractivity contribution is 0.414. The lowest BCUT2D eigenvalue weighted by Gasteiger charge is -2.05. The highest BCUT2D eigenvalue weighted by Gasteiger charge is 2.13. The van der Waals surface area contributed by atoms with Crippen LogP contribution in [0.3, 0.4) is 0 Å². The molecule has 0 spiro atoms. The molecule has 0 N–H and O–H groups in total. The highest BCUT2D eigenvalue weighted by molar-refractivity contribution is 9.10. The van der Waals surface area contributed by atoms with Crippen molar-refractivity contribution in [3.63, 3.8) is 0 Å². The van der Waals surface area contributed by atoms with Gasteiger partial charge in [-0.05, 0) is 19.1 Å². The predicted octanol–water partition coefficient (Wildman–Crippen LogP) is 3.42. The van der Waals surface area contributed by atoms with Gasteiger partial charge in [-0.1, -0.05) is 12.1 Å². The van der Waals surface area contributed by atoms with E-state index in [1.807, 2.05) is 31.2 Å². The number of hydrogen-bond donors (Lipinski definition) is 0. The van der Waals surface area contributed by atoms with Crippen LogP contribution in [0.2, 0.25) is 0 Å². The summed E-state index contributed by atoms with van der Waals surface area (Å²) < 4.78 is 10.7. The summed E-state index contributed by atoms with van der Waals surface area (Å²) in [7, 11) is 1.64. The second-order valence-corrected chi connectivity index (χ2v) is 3.76. The average molecular weight is 268 g/mol. The number of ether oxygens (including phenoxy) is 1. The summed E-state index contributed by atoms with van der Waals surface area (Å²) in [5.74, 6) is 1.52. The van der Waals surface area contributed by atoms with Crippen molar-refractivity contribution in [2.24, 2.45) is 0 Å². The van der Waals surface area contributed by atoms with Gasteiger partial charge in [0.05, 0.1) is 18.4 Å². The largest absolute Gasteiger partial charge is 0.496 e. The fourth-order valence-corrected chi connectivity index (χ4v) is 1.87. The molecule has 0 aliphatic carbocycles. The maximum absolute atomic E-state index is 5.47. The fourth-order valence-electron chi connectivity index (χ4n) is 1.45. The van der Waals surface area contributed by atoms with E-state index in [1.54, 1.807) is 7.11 Å². The Hall–Kier alpha value is -1.29. The van der Waals surface area contributed by atoms with Crippen LogP contribution in [0.4, 0.5) is 0 Å². The van der Waals surface area contributed by atoms with Crippen molar-refractivity contribution in [2.45, 2.75) is 6.92 Å². The molecule has 1 aromatic heterocycles. The minimum absolute atomic E-state index is 0.487. The first-order chi connectivity index (χ1) is 7.22. The van der Waals surface area contributed by atoms with E-state index in [2.05, 4.69) is 20.9 Å². The smallest absolute Gasteiger partial charge is 0.264 e. The molecule has 0 atom stereocenters. The number of methoxy groups -OCH3 is 1. The van der Waals surface area contributed by atoms with Gasteiger partial charge in [0.15, 0.2) is 5.76 Å². The van der Waals surface area contributed by atoms with E-state index in [0.29, 0.717) is 4.80 Å². The topological polar surface area (TPSA) is 35.3 Å². The molecule has 0 saturated carbocycles. The van der Waals surface area contributed by atoms with Crippen LogP contribution in [0.1, 0.15) is 5.69 Å². The molecule has 0 radical (unpaired) electrons. The van der Waals surface area contributed by atoms with Gasteiger partial charge in [0.25, 0.3) is 4.80 Å². The molecular formula is C11H10BrNO2. The van der Waals surface area contributed by atoms with Gasteiger partial charge in [-0.25, -0.2) is 4.98 Å². The Labute approximate surface area is 96.2 Å². The lowest BCUT2D eigenvalue weighted by Crippen LogP contribution is -1.87. The molecule has 1 heterocycles.